The van der Waals surface area contributed by atoms with Gasteiger partial charge in [-0.15, -0.1) is 0 Å². The van der Waals surface area contributed by atoms with Crippen LogP contribution in [-0.4, -0.2) is 59.9 Å². The predicted octanol–water partition coefficient (Wildman–Crippen LogP) is 9.39. The highest BCUT2D eigenvalue weighted by atomic mass is 31.2. The third-order valence-electron chi connectivity index (χ3n) is 7.44. The maximum absolute atomic E-state index is 12.5. The lowest BCUT2D eigenvalue weighted by Crippen LogP contribution is -2.34. The van der Waals surface area contributed by atoms with Crippen molar-refractivity contribution in [2.75, 3.05) is 19.8 Å². The third kappa shape index (κ3) is 34.0. The Hall–Kier alpha value is -3.08. The molecule has 52 heavy (non-hydrogen) atoms. The van der Waals surface area contributed by atoms with Crippen molar-refractivity contribution >= 4 is 25.7 Å². The molecule has 0 saturated heterocycles. The van der Waals surface area contributed by atoms with Crippen LogP contribution in [0, 0.1) is 0 Å². The van der Waals surface area contributed by atoms with Crippen LogP contribution >= 0.6 is 7.82 Å². The van der Waals surface area contributed by atoms with Gasteiger partial charge in [0.15, 0.2) is 6.10 Å². The second kappa shape index (κ2) is 35.0. The normalized spacial score (nSPS) is 14.7. The summed E-state index contributed by atoms with van der Waals surface area (Å²) >= 11 is 0. The van der Waals surface area contributed by atoms with Gasteiger partial charge in [-0.05, 0) is 70.6 Å². The first-order valence-electron chi connectivity index (χ1n) is 19.0. The Kier molecular flexibility index (Phi) is 32.9. The van der Waals surface area contributed by atoms with E-state index in [0.29, 0.717) is 19.3 Å². The summed E-state index contributed by atoms with van der Waals surface area (Å²) in [6.07, 6.45) is 39.9. The monoisotopic (exact) mass is 751 g/mol. The summed E-state index contributed by atoms with van der Waals surface area (Å²) in [5, 5.41) is 8.85. The van der Waals surface area contributed by atoms with Gasteiger partial charge < -0.3 is 25.2 Å². The molecule has 0 rings (SSSR count). The van der Waals surface area contributed by atoms with Crippen LogP contribution in [0.5, 0.6) is 0 Å². The highest BCUT2D eigenvalue weighted by molar-refractivity contribution is 7.47. The standard InChI is InChI=1S/C40H66NO10P/c1-3-5-7-9-11-13-15-16-17-18-19-20-22-24-26-28-30-32-39(43)51-36(34-49-52(46,47)50-35-37(41)40(44)45)33-48-38(42)31-29-27-25-23-21-14-12-10-8-6-4-2/h5,7,10-13,16-17,19-20,24,26,36-37H,3-4,6,8-9,14-15,18,21-23,25,27-35,41H2,1-2H3,(H,44,45)(H,46,47)/b7-5-,12-10-,13-11-,17-16-,20-19-,26-24-. The van der Waals surface area contributed by atoms with E-state index in [1.807, 2.05) is 12.2 Å². The molecule has 0 aliphatic carbocycles. The Morgan fingerprint density at radius 2 is 1.10 bits per heavy atom. The van der Waals surface area contributed by atoms with Crippen LogP contribution < -0.4 is 5.73 Å². The molecule has 0 saturated carbocycles. The van der Waals surface area contributed by atoms with Gasteiger partial charge in [0.25, 0.3) is 0 Å². The summed E-state index contributed by atoms with van der Waals surface area (Å²) in [4.78, 5) is 45.7. The fraction of sp³-hybridized carbons (Fsp3) is 0.625. The minimum Gasteiger partial charge on any atom is -0.480 e. The minimum atomic E-state index is -4.73. The molecular formula is C40H66NO10P. The third-order valence-corrected chi connectivity index (χ3v) is 8.39. The number of hydrogen-bond donors (Lipinski definition) is 3. The molecule has 0 amide bonds. The number of phosphoric ester groups is 1. The molecule has 0 spiro atoms. The van der Waals surface area contributed by atoms with E-state index in [1.54, 1.807) is 0 Å². The Labute approximate surface area is 312 Å². The summed E-state index contributed by atoms with van der Waals surface area (Å²) in [5.74, 6) is -2.48. The van der Waals surface area contributed by atoms with Gasteiger partial charge in [0.05, 0.1) is 13.2 Å². The molecule has 0 radical (unpaired) electrons. The van der Waals surface area contributed by atoms with Crippen LogP contribution in [0.3, 0.4) is 0 Å². The molecule has 0 aliphatic heterocycles. The molecule has 0 fully saturated rings. The van der Waals surface area contributed by atoms with E-state index in [-0.39, 0.29) is 19.4 Å². The van der Waals surface area contributed by atoms with Crippen LogP contribution in [0.2, 0.25) is 0 Å². The molecule has 296 valence electrons. The molecule has 0 heterocycles. The lowest BCUT2D eigenvalue weighted by atomic mass is 10.1. The van der Waals surface area contributed by atoms with Gasteiger partial charge in [-0.1, -0.05) is 119 Å². The van der Waals surface area contributed by atoms with Gasteiger partial charge in [0.2, 0.25) is 0 Å². The van der Waals surface area contributed by atoms with Crippen molar-refractivity contribution in [2.24, 2.45) is 5.73 Å². The van der Waals surface area contributed by atoms with Crippen molar-refractivity contribution in [2.45, 2.75) is 142 Å². The first-order valence-corrected chi connectivity index (χ1v) is 20.5. The number of aliphatic carboxylic acids is 1. The number of nitrogens with two attached hydrogens (primary N) is 1. The summed E-state index contributed by atoms with van der Waals surface area (Å²) in [6.45, 7) is 2.54. The van der Waals surface area contributed by atoms with Crippen molar-refractivity contribution in [3.63, 3.8) is 0 Å². The van der Waals surface area contributed by atoms with Crippen molar-refractivity contribution in [3.05, 3.63) is 72.9 Å². The molecule has 0 aromatic heterocycles. The maximum atomic E-state index is 12.5. The molecule has 0 aromatic carbocycles. The zero-order valence-electron chi connectivity index (χ0n) is 31.6. The van der Waals surface area contributed by atoms with E-state index in [1.165, 1.54) is 12.8 Å². The van der Waals surface area contributed by atoms with E-state index < -0.39 is 51.1 Å². The van der Waals surface area contributed by atoms with E-state index in [2.05, 4.69) is 79.1 Å². The van der Waals surface area contributed by atoms with E-state index in [9.17, 15) is 23.8 Å². The zero-order chi connectivity index (χ0) is 38.5. The van der Waals surface area contributed by atoms with E-state index in [0.717, 1.165) is 70.6 Å². The van der Waals surface area contributed by atoms with Gasteiger partial charge in [0.1, 0.15) is 12.6 Å². The zero-order valence-corrected chi connectivity index (χ0v) is 32.5. The summed E-state index contributed by atoms with van der Waals surface area (Å²) < 4.78 is 32.5. The lowest BCUT2D eigenvalue weighted by Gasteiger charge is -2.20. The summed E-state index contributed by atoms with van der Waals surface area (Å²) in [5.41, 5.74) is 5.31. The first kappa shape index (κ1) is 48.9. The number of ether oxygens (including phenoxy) is 2. The number of hydrogen-bond acceptors (Lipinski definition) is 9. The molecular weight excluding hydrogens is 685 g/mol. The molecule has 0 aromatic rings. The van der Waals surface area contributed by atoms with Crippen molar-refractivity contribution in [1.29, 1.82) is 0 Å². The summed E-state index contributed by atoms with van der Waals surface area (Å²) in [6, 6.07) is -1.53. The number of carboxylic acids is 1. The fourth-order valence-electron chi connectivity index (χ4n) is 4.43. The Bertz CT molecular complexity index is 1160. The van der Waals surface area contributed by atoms with Crippen LogP contribution in [0.4, 0.5) is 0 Å². The average molecular weight is 752 g/mol. The van der Waals surface area contributed by atoms with Gasteiger partial charge in [0, 0.05) is 12.8 Å². The van der Waals surface area contributed by atoms with Crippen LogP contribution in [0.1, 0.15) is 129 Å². The summed E-state index contributed by atoms with van der Waals surface area (Å²) in [7, 11) is -4.73. The Balaban J connectivity index is 4.58. The van der Waals surface area contributed by atoms with Gasteiger partial charge in [-0.3, -0.25) is 23.4 Å². The largest absolute Gasteiger partial charge is 0.480 e. The molecule has 0 aliphatic rings. The van der Waals surface area contributed by atoms with Crippen molar-refractivity contribution in [3.8, 4) is 0 Å². The smallest absolute Gasteiger partial charge is 0.472 e. The molecule has 0 bridgehead atoms. The highest BCUT2D eigenvalue weighted by Gasteiger charge is 2.28. The lowest BCUT2D eigenvalue weighted by molar-refractivity contribution is -0.161. The second-order valence-electron chi connectivity index (χ2n) is 12.3. The number of phosphoric acid groups is 1. The van der Waals surface area contributed by atoms with E-state index in [4.69, 9.17) is 24.8 Å². The molecule has 11 nitrogen and oxygen atoms in total. The topological polar surface area (TPSA) is 172 Å². The first-order chi connectivity index (χ1) is 25.1. The molecule has 3 unspecified atom stereocenters. The number of carbonyl (C=O) groups excluding carboxylic acids is 2. The second-order valence-corrected chi connectivity index (χ2v) is 13.8. The fourth-order valence-corrected chi connectivity index (χ4v) is 5.21. The predicted molar refractivity (Wildman–Crippen MR) is 207 cm³/mol. The average Bonchev–Trinajstić information content (AvgIpc) is 3.12. The van der Waals surface area contributed by atoms with Gasteiger partial charge >= 0.3 is 25.7 Å². The highest BCUT2D eigenvalue weighted by Crippen LogP contribution is 2.43. The maximum Gasteiger partial charge on any atom is 0.472 e. The van der Waals surface area contributed by atoms with Crippen molar-refractivity contribution in [1.82, 2.24) is 0 Å². The molecule has 3 atom stereocenters. The van der Waals surface area contributed by atoms with E-state index >= 15 is 0 Å². The minimum absolute atomic E-state index is 0.0774. The Morgan fingerprint density at radius 3 is 1.69 bits per heavy atom. The number of esters is 2. The van der Waals surface area contributed by atoms with Crippen LogP contribution in [-0.2, 0) is 37.5 Å². The number of carboxylic acid groups (broad SMARTS) is 1. The SMILES string of the molecule is CC/C=C\C/C=C\C/C=C\C/C=C\C/C=C\CCCC(=O)OC(COC(=O)CCCCCCC/C=C\CCCC)COP(=O)(O)OCC(N)C(=O)O. The number of allylic oxidation sites excluding steroid dienone is 12. The molecule has 12 heteroatoms. The number of unbranched alkanes of at least 4 members (excludes halogenated alkanes) is 8. The quantitative estimate of drug-likeness (QED) is 0.0248. The van der Waals surface area contributed by atoms with Gasteiger partial charge in [-0.2, -0.15) is 0 Å². The van der Waals surface area contributed by atoms with Crippen molar-refractivity contribution < 1.29 is 47.5 Å². The van der Waals surface area contributed by atoms with Crippen LogP contribution in [0.25, 0.3) is 0 Å². The number of carbonyl (C=O) groups is 3. The van der Waals surface area contributed by atoms with Crippen LogP contribution in [0.15, 0.2) is 72.9 Å². The van der Waals surface area contributed by atoms with Gasteiger partial charge in [-0.25, -0.2) is 4.57 Å². The number of rotatable bonds is 34. The molecule has 4 N–H and O–H groups in total. The Morgan fingerprint density at radius 1 is 0.615 bits per heavy atom.